The van der Waals surface area contributed by atoms with Gasteiger partial charge in [-0.1, -0.05) is 37.5 Å². The van der Waals surface area contributed by atoms with Crippen molar-refractivity contribution in [2.45, 2.75) is 75.4 Å². The van der Waals surface area contributed by atoms with Crippen molar-refractivity contribution < 1.29 is 28.2 Å². The number of carbonyl (C=O) groups is 1. The first-order valence-corrected chi connectivity index (χ1v) is 12.8. The van der Waals surface area contributed by atoms with Crippen LogP contribution in [0.4, 0.5) is 0 Å². The van der Waals surface area contributed by atoms with Gasteiger partial charge < -0.3 is 14.9 Å². The third-order valence-electron chi connectivity index (χ3n) is 6.11. The number of hydrogen-bond acceptors (Lipinski definition) is 6. The molecule has 0 radical (unpaired) electrons. The Morgan fingerprint density at radius 1 is 1.24 bits per heavy atom. The number of aliphatic hydroxyl groups is 2. The normalized spacial score (nSPS) is 29.1. The predicted octanol–water partition coefficient (Wildman–Crippen LogP) is 2.29. The second-order valence-corrected chi connectivity index (χ2v) is 11.0. The molecule has 1 unspecified atom stereocenters. The third-order valence-corrected chi connectivity index (χ3v) is 8.20. The molecule has 2 N–H and O–H groups in total. The molecule has 0 aliphatic heterocycles. The SMILES string of the molecule is COC(=O)CS(=O)(=O)CCCC[C@@H]1[C@@H](C#CC(O)C2CCCCC2)[C@H](O)C[C@H]1Cl. The largest absolute Gasteiger partial charge is 0.468 e. The fourth-order valence-electron chi connectivity index (χ4n) is 4.39. The van der Waals surface area contributed by atoms with Crippen LogP contribution in [0.1, 0.15) is 57.8 Å². The van der Waals surface area contributed by atoms with Crippen molar-refractivity contribution in [1.29, 1.82) is 0 Å². The van der Waals surface area contributed by atoms with E-state index in [1.54, 1.807) is 0 Å². The molecule has 0 spiro atoms. The molecule has 166 valence electrons. The van der Waals surface area contributed by atoms with Crippen LogP contribution in [0.2, 0.25) is 0 Å². The van der Waals surface area contributed by atoms with Gasteiger partial charge in [0.1, 0.15) is 11.9 Å². The van der Waals surface area contributed by atoms with Gasteiger partial charge in [-0.3, -0.25) is 4.79 Å². The predicted molar refractivity (Wildman–Crippen MR) is 112 cm³/mol. The number of carbonyl (C=O) groups excluding carboxylic acids is 1. The summed E-state index contributed by atoms with van der Waals surface area (Å²) in [6.07, 6.45) is 6.28. The van der Waals surface area contributed by atoms with Crippen molar-refractivity contribution in [3.63, 3.8) is 0 Å². The molecular formula is C21H33ClO6S. The minimum absolute atomic E-state index is 0.0407. The first-order valence-electron chi connectivity index (χ1n) is 10.5. The van der Waals surface area contributed by atoms with Crippen molar-refractivity contribution in [3.05, 3.63) is 0 Å². The van der Waals surface area contributed by atoms with E-state index in [0.29, 0.717) is 25.7 Å². The summed E-state index contributed by atoms with van der Waals surface area (Å²) in [6.45, 7) is 0. The Bertz CT molecular complexity index is 692. The lowest BCUT2D eigenvalue weighted by atomic mass is 9.84. The maximum Gasteiger partial charge on any atom is 0.320 e. The maximum atomic E-state index is 11.9. The summed E-state index contributed by atoms with van der Waals surface area (Å²) in [4.78, 5) is 11.2. The third kappa shape index (κ3) is 7.75. The monoisotopic (exact) mass is 448 g/mol. The van der Waals surface area contributed by atoms with E-state index in [9.17, 15) is 23.4 Å². The van der Waals surface area contributed by atoms with Crippen LogP contribution in [0.15, 0.2) is 0 Å². The quantitative estimate of drug-likeness (QED) is 0.256. The second-order valence-electron chi connectivity index (χ2n) is 8.30. The minimum atomic E-state index is -3.48. The summed E-state index contributed by atoms with van der Waals surface area (Å²) >= 11 is 6.42. The number of sulfone groups is 1. The fraction of sp³-hybridized carbons (Fsp3) is 0.857. The number of halogens is 1. The average Bonchev–Trinajstić information content (AvgIpc) is 2.96. The molecule has 0 aromatic carbocycles. The molecule has 2 saturated carbocycles. The van der Waals surface area contributed by atoms with E-state index in [-0.39, 0.29) is 28.9 Å². The molecule has 5 atom stereocenters. The van der Waals surface area contributed by atoms with Crippen molar-refractivity contribution in [2.24, 2.45) is 17.8 Å². The molecule has 0 bridgehead atoms. The minimum Gasteiger partial charge on any atom is -0.468 e. The Hall–Kier alpha value is -0.810. The zero-order valence-corrected chi connectivity index (χ0v) is 18.6. The molecule has 6 nitrogen and oxygen atoms in total. The van der Waals surface area contributed by atoms with Gasteiger partial charge in [0.25, 0.3) is 0 Å². The number of methoxy groups -OCH3 is 1. The molecule has 0 saturated heterocycles. The van der Waals surface area contributed by atoms with Crippen LogP contribution in [0, 0.1) is 29.6 Å². The molecule has 0 amide bonds. The van der Waals surface area contributed by atoms with Crippen LogP contribution < -0.4 is 0 Å². The number of esters is 1. The number of unbranched alkanes of at least 4 members (excludes halogenated alkanes) is 1. The number of ether oxygens (including phenoxy) is 1. The molecule has 2 fully saturated rings. The first kappa shape index (κ1) is 24.5. The van der Waals surface area contributed by atoms with Crippen LogP contribution in [0.5, 0.6) is 0 Å². The van der Waals surface area contributed by atoms with E-state index >= 15 is 0 Å². The molecule has 8 heteroatoms. The Balaban J connectivity index is 1.86. The molecule has 0 aromatic heterocycles. The lowest BCUT2D eigenvalue weighted by Gasteiger charge is -2.24. The van der Waals surface area contributed by atoms with E-state index in [1.165, 1.54) is 6.42 Å². The van der Waals surface area contributed by atoms with Gasteiger partial charge in [0, 0.05) is 5.38 Å². The molecule has 2 aliphatic rings. The number of alkyl halides is 1. The molecule has 0 heterocycles. The molecule has 2 aliphatic carbocycles. The fourth-order valence-corrected chi connectivity index (χ4v) is 6.12. The zero-order valence-electron chi connectivity index (χ0n) is 17.1. The first-order chi connectivity index (χ1) is 13.7. The second kappa shape index (κ2) is 11.5. The van der Waals surface area contributed by atoms with Gasteiger partial charge in [-0.05, 0) is 43.9 Å². The van der Waals surface area contributed by atoms with Crippen LogP contribution >= 0.6 is 11.6 Å². The lowest BCUT2D eigenvalue weighted by Crippen LogP contribution is -2.23. The van der Waals surface area contributed by atoms with Gasteiger partial charge in [0.2, 0.25) is 0 Å². The lowest BCUT2D eigenvalue weighted by molar-refractivity contribution is -0.137. The smallest absolute Gasteiger partial charge is 0.320 e. The van der Waals surface area contributed by atoms with Crippen LogP contribution in [0.3, 0.4) is 0 Å². The molecule has 29 heavy (non-hydrogen) atoms. The summed E-state index contributed by atoms with van der Waals surface area (Å²) in [5, 5.41) is 20.5. The van der Waals surface area contributed by atoms with Gasteiger partial charge in [-0.25, -0.2) is 8.42 Å². The topological polar surface area (TPSA) is 101 Å². The van der Waals surface area contributed by atoms with Crippen LogP contribution in [0.25, 0.3) is 0 Å². The van der Waals surface area contributed by atoms with Gasteiger partial charge >= 0.3 is 5.97 Å². The van der Waals surface area contributed by atoms with Gasteiger partial charge in [0.15, 0.2) is 9.84 Å². The van der Waals surface area contributed by atoms with E-state index in [0.717, 1.165) is 32.8 Å². The summed E-state index contributed by atoms with van der Waals surface area (Å²) < 4.78 is 28.2. The van der Waals surface area contributed by atoms with Gasteiger partial charge in [-0.2, -0.15) is 0 Å². The summed E-state index contributed by atoms with van der Waals surface area (Å²) in [6, 6.07) is 0. The summed E-state index contributed by atoms with van der Waals surface area (Å²) in [7, 11) is -2.32. The van der Waals surface area contributed by atoms with Crippen molar-refractivity contribution in [3.8, 4) is 11.8 Å². The van der Waals surface area contributed by atoms with Crippen molar-refractivity contribution >= 4 is 27.4 Å². The van der Waals surface area contributed by atoms with Gasteiger partial charge in [0.05, 0.1) is 24.9 Å². The molecule has 2 rings (SSSR count). The molecule has 0 aromatic rings. The zero-order chi connectivity index (χ0) is 21.4. The highest BCUT2D eigenvalue weighted by atomic mass is 35.5. The highest BCUT2D eigenvalue weighted by Crippen LogP contribution is 2.39. The van der Waals surface area contributed by atoms with Crippen LogP contribution in [-0.4, -0.2) is 60.8 Å². The Kier molecular flexibility index (Phi) is 9.74. The van der Waals surface area contributed by atoms with Crippen LogP contribution in [-0.2, 0) is 19.4 Å². The summed E-state index contributed by atoms with van der Waals surface area (Å²) in [5.41, 5.74) is 0. The Morgan fingerprint density at radius 2 is 1.93 bits per heavy atom. The van der Waals surface area contributed by atoms with E-state index < -0.39 is 33.8 Å². The summed E-state index contributed by atoms with van der Waals surface area (Å²) in [5.74, 6) is 4.47. The highest BCUT2D eigenvalue weighted by molar-refractivity contribution is 7.92. The number of aliphatic hydroxyl groups excluding tert-OH is 2. The average molecular weight is 449 g/mol. The molecular weight excluding hydrogens is 416 g/mol. The standard InChI is InChI=1S/C21H33ClO6S/c1-28-21(25)14-29(26,27)12-6-5-9-16-17(20(24)13-18(16)22)10-11-19(23)15-7-3-2-4-8-15/h15-20,23-24H,2-9,12-14H2,1H3/t16-,17-,18-,19?,20-/m1/s1. The Labute approximate surface area is 179 Å². The van der Waals surface area contributed by atoms with Crippen molar-refractivity contribution in [2.75, 3.05) is 18.6 Å². The van der Waals surface area contributed by atoms with Crippen molar-refractivity contribution in [1.82, 2.24) is 0 Å². The highest BCUT2D eigenvalue weighted by Gasteiger charge is 2.40. The van der Waals surface area contributed by atoms with E-state index in [2.05, 4.69) is 16.6 Å². The number of hydrogen-bond donors (Lipinski definition) is 2. The van der Waals surface area contributed by atoms with Gasteiger partial charge in [-0.15, -0.1) is 11.6 Å². The maximum absolute atomic E-state index is 11.9. The van der Waals surface area contributed by atoms with E-state index in [4.69, 9.17) is 11.6 Å². The Morgan fingerprint density at radius 3 is 2.59 bits per heavy atom. The van der Waals surface area contributed by atoms with E-state index in [1.807, 2.05) is 0 Å². The number of rotatable bonds is 8.